The first-order valence-electron chi connectivity index (χ1n) is 9.36. The third kappa shape index (κ3) is 2.76. The van der Waals surface area contributed by atoms with Crippen LogP contribution in [-0.2, 0) is 9.84 Å². The second-order valence-electron chi connectivity index (χ2n) is 7.21. The molecule has 1 fully saturated rings. The summed E-state index contributed by atoms with van der Waals surface area (Å²) in [6.07, 6.45) is 1.80. The number of sulfone groups is 1. The molecule has 1 atom stereocenters. The fourth-order valence-electron chi connectivity index (χ4n) is 4.17. The molecule has 0 aliphatic carbocycles. The highest BCUT2D eigenvalue weighted by molar-refractivity contribution is 7.91. The van der Waals surface area contributed by atoms with Gasteiger partial charge in [-0.2, -0.15) is 0 Å². The molecule has 2 aliphatic rings. The minimum atomic E-state index is -3.86. The van der Waals surface area contributed by atoms with Crippen molar-refractivity contribution < 1.29 is 18.0 Å². The van der Waals surface area contributed by atoms with E-state index in [1.165, 1.54) is 24.3 Å². The van der Waals surface area contributed by atoms with Crippen LogP contribution in [0.5, 0.6) is 0 Å². The first kappa shape index (κ1) is 18.3. The maximum atomic E-state index is 13.2. The molecule has 7 heteroatoms. The van der Waals surface area contributed by atoms with E-state index >= 15 is 0 Å². The number of hydrogen-bond donors (Lipinski definition) is 0. The third-order valence-corrected chi connectivity index (χ3v) is 8.39. The molecule has 3 aromatic rings. The van der Waals surface area contributed by atoms with Gasteiger partial charge < -0.3 is 4.90 Å². The zero-order valence-corrected chi connectivity index (χ0v) is 17.0. The van der Waals surface area contributed by atoms with Gasteiger partial charge in [0.05, 0.1) is 15.8 Å². The number of amides is 1. The predicted molar refractivity (Wildman–Crippen MR) is 109 cm³/mol. The van der Waals surface area contributed by atoms with Gasteiger partial charge in [-0.25, -0.2) is 8.42 Å². The number of likely N-dealkylation sites (tertiary alicyclic amines) is 1. The lowest BCUT2D eigenvalue weighted by molar-refractivity contribution is 0.0737. The van der Waals surface area contributed by atoms with Crippen LogP contribution in [-0.4, -0.2) is 31.6 Å². The number of fused-ring (bicyclic) bond motifs is 2. The lowest BCUT2D eigenvalue weighted by atomic mass is 10.0. The number of rotatable bonds is 2. The van der Waals surface area contributed by atoms with Crippen LogP contribution in [0.3, 0.4) is 0 Å². The summed E-state index contributed by atoms with van der Waals surface area (Å²) < 4.78 is 26.2. The minimum absolute atomic E-state index is 0.000247. The van der Waals surface area contributed by atoms with Crippen molar-refractivity contribution in [1.29, 1.82) is 0 Å². The molecule has 1 amide bonds. The van der Waals surface area contributed by atoms with Gasteiger partial charge in [-0.05, 0) is 54.6 Å². The zero-order valence-electron chi connectivity index (χ0n) is 15.4. The van der Waals surface area contributed by atoms with Crippen molar-refractivity contribution in [3.8, 4) is 0 Å². The molecule has 0 saturated carbocycles. The van der Waals surface area contributed by atoms with Crippen LogP contribution in [0, 0.1) is 0 Å². The average Bonchev–Trinajstić information content (AvgIpc) is 3.43. The van der Waals surface area contributed by atoms with Gasteiger partial charge in [0.25, 0.3) is 5.91 Å². The van der Waals surface area contributed by atoms with Gasteiger partial charge in [0.2, 0.25) is 9.84 Å². The summed E-state index contributed by atoms with van der Waals surface area (Å²) in [6, 6.07) is 14.6. The molecule has 5 rings (SSSR count). The number of thiophene rings is 1. The molecule has 1 saturated heterocycles. The second-order valence-corrected chi connectivity index (χ2v) is 10.1. The Morgan fingerprint density at radius 3 is 2.59 bits per heavy atom. The summed E-state index contributed by atoms with van der Waals surface area (Å²) in [4.78, 5) is 28.9. The third-order valence-electron chi connectivity index (χ3n) is 5.57. The maximum Gasteiger partial charge on any atom is 0.254 e. The van der Waals surface area contributed by atoms with E-state index in [-0.39, 0.29) is 38.7 Å². The summed E-state index contributed by atoms with van der Waals surface area (Å²) >= 11 is 1.62. The topological polar surface area (TPSA) is 71.5 Å². The Morgan fingerprint density at radius 2 is 1.79 bits per heavy atom. The molecule has 0 radical (unpaired) electrons. The van der Waals surface area contributed by atoms with Crippen LogP contribution in [0.4, 0.5) is 0 Å². The van der Waals surface area contributed by atoms with E-state index in [0.717, 1.165) is 17.7 Å². The molecule has 5 nitrogen and oxygen atoms in total. The van der Waals surface area contributed by atoms with Gasteiger partial charge in [0.1, 0.15) is 0 Å². The number of carbonyl (C=O) groups is 2. The lowest BCUT2D eigenvalue weighted by Gasteiger charge is -2.25. The van der Waals surface area contributed by atoms with E-state index in [1.807, 2.05) is 17.5 Å². The molecule has 0 N–H and O–H groups in total. The summed E-state index contributed by atoms with van der Waals surface area (Å²) in [7, 11) is -3.86. The zero-order chi connectivity index (χ0) is 20.2. The first-order chi connectivity index (χ1) is 14.0. The van der Waals surface area contributed by atoms with Crippen molar-refractivity contribution in [3.05, 3.63) is 81.5 Å². The molecule has 0 spiro atoms. The fraction of sp³-hybridized carbons (Fsp3) is 0.182. The molecular weight excluding hydrogens is 406 g/mol. The van der Waals surface area contributed by atoms with Crippen molar-refractivity contribution in [3.63, 3.8) is 0 Å². The Bertz CT molecular complexity index is 1250. The Labute approximate surface area is 172 Å². The number of hydrogen-bond acceptors (Lipinski definition) is 5. The standard InChI is InChI=1S/C22H17NO4S2/c24-21-15-5-1-2-8-19(15)29(26,27)20-13-14(9-10-16(20)21)22(25)23-11-3-6-17(23)18-7-4-12-28-18/h1-2,4-5,7-10,12-13,17H,3,6,11H2/t17-/m1/s1. The van der Waals surface area contributed by atoms with E-state index in [0.29, 0.717) is 12.1 Å². The molecule has 29 heavy (non-hydrogen) atoms. The fourth-order valence-corrected chi connectivity index (χ4v) is 6.72. The van der Waals surface area contributed by atoms with E-state index in [9.17, 15) is 18.0 Å². The van der Waals surface area contributed by atoms with Crippen LogP contribution in [0.1, 0.15) is 50.0 Å². The molecule has 2 aliphatic heterocycles. The van der Waals surface area contributed by atoms with Gasteiger partial charge >= 0.3 is 0 Å². The van der Waals surface area contributed by atoms with E-state index < -0.39 is 9.84 Å². The van der Waals surface area contributed by atoms with Crippen molar-refractivity contribution in [1.82, 2.24) is 4.90 Å². The van der Waals surface area contributed by atoms with E-state index in [4.69, 9.17) is 0 Å². The van der Waals surface area contributed by atoms with Crippen LogP contribution in [0.25, 0.3) is 0 Å². The first-order valence-corrected chi connectivity index (χ1v) is 11.7. The number of ketones is 1. The van der Waals surface area contributed by atoms with Crippen LogP contribution < -0.4 is 0 Å². The minimum Gasteiger partial charge on any atom is -0.331 e. The molecule has 0 unspecified atom stereocenters. The number of nitrogens with zero attached hydrogens (tertiary/aromatic N) is 1. The Morgan fingerprint density at radius 1 is 1.00 bits per heavy atom. The van der Waals surface area contributed by atoms with Crippen LogP contribution >= 0.6 is 11.3 Å². The van der Waals surface area contributed by atoms with Crippen molar-refractivity contribution in [2.45, 2.75) is 28.7 Å². The Hall–Kier alpha value is -2.77. The summed E-state index contributed by atoms with van der Waals surface area (Å²) in [5.41, 5.74) is 0.593. The quantitative estimate of drug-likeness (QED) is 0.487. The molecule has 1 aromatic heterocycles. The smallest absolute Gasteiger partial charge is 0.254 e. The average molecular weight is 424 g/mol. The van der Waals surface area contributed by atoms with Crippen molar-refractivity contribution >= 4 is 32.9 Å². The predicted octanol–water partition coefficient (Wildman–Crippen LogP) is 4.10. The normalized spacial score (nSPS) is 19.7. The maximum absolute atomic E-state index is 13.2. The van der Waals surface area contributed by atoms with Crippen LogP contribution in [0.15, 0.2) is 69.8 Å². The molecule has 3 heterocycles. The SMILES string of the molecule is O=C1c2ccccc2S(=O)(=O)c2cc(C(=O)N3CCC[C@@H]3c3cccs3)ccc21. The highest BCUT2D eigenvalue weighted by Crippen LogP contribution is 2.38. The summed E-state index contributed by atoms with van der Waals surface area (Å²) in [5, 5.41) is 1.99. The van der Waals surface area contributed by atoms with Crippen molar-refractivity contribution in [2.24, 2.45) is 0 Å². The molecular formula is C22H17NO4S2. The number of benzene rings is 2. The van der Waals surface area contributed by atoms with Gasteiger partial charge in [0.15, 0.2) is 5.78 Å². The molecule has 146 valence electrons. The largest absolute Gasteiger partial charge is 0.331 e. The van der Waals surface area contributed by atoms with Gasteiger partial charge in [-0.1, -0.05) is 18.2 Å². The van der Waals surface area contributed by atoms with Crippen LogP contribution in [0.2, 0.25) is 0 Å². The van der Waals surface area contributed by atoms with Gasteiger partial charge in [-0.15, -0.1) is 11.3 Å². The highest BCUT2D eigenvalue weighted by atomic mass is 32.2. The Kier molecular flexibility index (Phi) is 4.18. The monoisotopic (exact) mass is 423 g/mol. The highest BCUT2D eigenvalue weighted by Gasteiger charge is 2.36. The van der Waals surface area contributed by atoms with Crippen molar-refractivity contribution in [2.75, 3.05) is 6.54 Å². The van der Waals surface area contributed by atoms with Gasteiger partial charge in [0, 0.05) is 28.1 Å². The summed E-state index contributed by atoms with van der Waals surface area (Å²) in [6.45, 7) is 0.632. The second kappa shape index (κ2) is 6.64. The summed E-state index contributed by atoms with van der Waals surface area (Å²) in [5.74, 6) is -0.535. The van der Waals surface area contributed by atoms with Gasteiger partial charge in [-0.3, -0.25) is 9.59 Å². The Balaban J connectivity index is 1.57. The van der Waals surface area contributed by atoms with E-state index in [1.54, 1.807) is 34.4 Å². The lowest BCUT2D eigenvalue weighted by Crippen LogP contribution is -2.30. The number of carbonyl (C=O) groups excluding carboxylic acids is 2. The van der Waals surface area contributed by atoms with E-state index in [2.05, 4.69) is 0 Å². The molecule has 2 aromatic carbocycles. The molecule has 0 bridgehead atoms.